The lowest BCUT2D eigenvalue weighted by atomic mass is 10.2. The maximum atomic E-state index is 12.2. The Morgan fingerprint density at radius 1 is 1.03 bits per heavy atom. The van der Waals surface area contributed by atoms with Gasteiger partial charge in [0.2, 0.25) is 0 Å². The SMILES string of the molecule is O=C(COc1ccccc1[N+](=O)[O-])Nc1ccc(C(=O)NCc2cccnc2)cc1. The van der Waals surface area contributed by atoms with E-state index in [4.69, 9.17) is 4.74 Å². The number of anilines is 1. The molecule has 0 spiro atoms. The van der Waals surface area contributed by atoms with Gasteiger partial charge in [-0.05, 0) is 42.0 Å². The van der Waals surface area contributed by atoms with Crippen LogP contribution in [0.25, 0.3) is 0 Å². The van der Waals surface area contributed by atoms with Crippen molar-refractivity contribution >= 4 is 23.2 Å². The van der Waals surface area contributed by atoms with E-state index in [1.54, 1.807) is 48.8 Å². The molecule has 0 radical (unpaired) electrons. The Kier molecular flexibility index (Phi) is 6.67. The molecule has 2 N–H and O–H groups in total. The van der Waals surface area contributed by atoms with Crippen molar-refractivity contribution in [3.63, 3.8) is 0 Å². The standard InChI is InChI=1S/C21H18N4O5/c26-20(14-30-19-6-2-1-5-18(19)25(28)29)24-17-9-7-16(8-10-17)21(27)23-13-15-4-3-11-22-12-15/h1-12H,13-14H2,(H,23,27)(H,24,26). The van der Waals surface area contributed by atoms with E-state index in [0.29, 0.717) is 17.8 Å². The molecule has 1 heterocycles. The van der Waals surface area contributed by atoms with Crippen LogP contribution < -0.4 is 15.4 Å². The second kappa shape index (κ2) is 9.78. The first-order valence-corrected chi connectivity index (χ1v) is 8.96. The molecule has 0 aliphatic carbocycles. The molecular formula is C21H18N4O5. The Morgan fingerprint density at radius 3 is 2.50 bits per heavy atom. The highest BCUT2D eigenvalue weighted by Gasteiger charge is 2.15. The minimum atomic E-state index is -0.578. The summed E-state index contributed by atoms with van der Waals surface area (Å²) >= 11 is 0. The molecule has 152 valence electrons. The maximum absolute atomic E-state index is 12.2. The molecule has 0 aliphatic rings. The van der Waals surface area contributed by atoms with E-state index >= 15 is 0 Å². The third-order valence-corrected chi connectivity index (χ3v) is 4.03. The van der Waals surface area contributed by atoms with Crippen LogP contribution in [0, 0.1) is 10.1 Å². The Labute approximate surface area is 171 Å². The third-order valence-electron chi connectivity index (χ3n) is 4.03. The number of rotatable bonds is 8. The van der Waals surface area contributed by atoms with Crippen LogP contribution in [0.4, 0.5) is 11.4 Å². The fourth-order valence-corrected chi connectivity index (χ4v) is 2.56. The van der Waals surface area contributed by atoms with Gasteiger partial charge in [0.1, 0.15) is 0 Å². The number of nitrogens with one attached hydrogen (secondary N) is 2. The molecule has 0 fully saturated rings. The monoisotopic (exact) mass is 406 g/mol. The van der Waals surface area contributed by atoms with Crippen LogP contribution in [0.3, 0.4) is 0 Å². The highest BCUT2D eigenvalue weighted by molar-refractivity contribution is 5.96. The van der Waals surface area contributed by atoms with E-state index in [0.717, 1.165) is 5.56 Å². The number of hydrogen-bond donors (Lipinski definition) is 2. The summed E-state index contributed by atoms with van der Waals surface area (Å²) in [4.78, 5) is 38.6. The van der Waals surface area contributed by atoms with Crippen molar-refractivity contribution in [2.24, 2.45) is 0 Å². The van der Waals surface area contributed by atoms with E-state index in [1.165, 1.54) is 18.2 Å². The number of nitro groups is 1. The number of amides is 2. The van der Waals surface area contributed by atoms with Crippen molar-refractivity contribution in [3.8, 4) is 5.75 Å². The smallest absolute Gasteiger partial charge is 0.310 e. The zero-order valence-corrected chi connectivity index (χ0v) is 15.8. The second-order valence-electron chi connectivity index (χ2n) is 6.18. The van der Waals surface area contributed by atoms with Gasteiger partial charge >= 0.3 is 5.69 Å². The molecule has 0 unspecified atom stereocenters. The number of pyridine rings is 1. The zero-order valence-electron chi connectivity index (χ0n) is 15.8. The first-order valence-electron chi connectivity index (χ1n) is 8.96. The molecule has 9 heteroatoms. The molecule has 2 amide bonds. The summed E-state index contributed by atoms with van der Waals surface area (Å²) in [6.07, 6.45) is 3.33. The Hall–Kier alpha value is -4.27. The van der Waals surface area contributed by atoms with Gasteiger partial charge in [0.25, 0.3) is 11.8 Å². The maximum Gasteiger partial charge on any atom is 0.310 e. The summed E-state index contributed by atoms with van der Waals surface area (Å²) in [5.41, 5.74) is 1.57. The number of para-hydroxylation sites is 2. The van der Waals surface area contributed by atoms with Gasteiger partial charge in [-0.1, -0.05) is 18.2 Å². The van der Waals surface area contributed by atoms with E-state index in [2.05, 4.69) is 15.6 Å². The van der Waals surface area contributed by atoms with Crippen molar-refractivity contribution in [2.45, 2.75) is 6.54 Å². The molecule has 30 heavy (non-hydrogen) atoms. The molecule has 0 saturated carbocycles. The van der Waals surface area contributed by atoms with Gasteiger partial charge in [-0.25, -0.2) is 0 Å². The number of carbonyl (C=O) groups excluding carboxylic acids is 2. The topological polar surface area (TPSA) is 123 Å². The second-order valence-corrected chi connectivity index (χ2v) is 6.18. The van der Waals surface area contributed by atoms with Crippen molar-refractivity contribution in [2.75, 3.05) is 11.9 Å². The van der Waals surface area contributed by atoms with Crippen molar-refractivity contribution in [1.82, 2.24) is 10.3 Å². The average molecular weight is 406 g/mol. The number of hydrogen-bond acceptors (Lipinski definition) is 6. The lowest BCUT2D eigenvalue weighted by Gasteiger charge is -2.09. The van der Waals surface area contributed by atoms with E-state index in [1.807, 2.05) is 6.07 Å². The van der Waals surface area contributed by atoms with Crippen LogP contribution in [-0.4, -0.2) is 28.3 Å². The number of nitrogens with zero attached hydrogens (tertiary/aromatic N) is 2. The van der Waals surface area contributed by atoms with Crippen LogP contribution in [0.5, 0.6) is 5.75 Å². The van der Waals surface area contributed by atoms with E-state index in [9.17, 15) is 19.7 Å². The summed E-state index contributed by atoms with van der Waals surface area (Å²) in [7, 11) is 0. The molecule has 3 rings (SSSR count). The Morgan fingerprint density at radius 2 is 1.80 bits per heavy atom. The Balaban J connectivity index is 1.51. The van der Waals surface area contributed by atoms with Crippen molar-refractivity contribution in [1.29, 1.82) is 0 Å². The summed E-state index contributed by atoms with van der Waals surface area (Å²) in [5, 5.41) is 16.4. The van der Waals surface area contributed by atoms with Crippen molar-refractivity contribution in [3.05, 3.63) is 94.3 Å². The fraction of sp³-hybridized carbons (Fsp3) is 0.0952. The molecular weight excluding hydrogens is 388 g/mol. The first kappa shape index (κ1) is 20.5. The molecule has 1 aromatic heterocycles. The van der Waals surface area contributed by atoms with Crippen LogP contribution in [0.2, 0.25) is 0 Å². The first-order chi connectivity index (χ1) is 14.5. The average Bonchev–Trinajstić information content (AvgIpc) is 2.77. The number of ether oxygens (including phenoxy) is 1. The van der Waals surface area contributed by atoms with E-state index in [-0.39, 0.29) is 17.3 Å². The third kappa shape index (κ3) is 5.61. The molecule has 9 nitrogen and oxygen atoms in total. The van der Waals surface area contributed by atoms with Gasteiger partial charge in [-0.15, -0.1) is 0 Å². The highest BCUT2D eigenvalue weighted by atomic mass is 16.6. The van der Waals surface area contributed by atoms with E-state index < -0.39 is 17.4 Å². The van der Waals surface area contributed by atoms with Crippen LogP contribution in [0.15, 0.2) is 73.1 Å². The highest BCUT2D eigenvalue weighted by Crippen LogP contribution is 2.25. The van der Waals surface area contributed by atoms with Gasteiger partial charge in [0.05, 0.1) is 4.92 Å². The normalized spacial score (nSPS) is 10.1. The largest absolute Gasteiger partial charge is 0.477 e. The van der Waals surface area contributed by atoms with Crippen LogP contribution in [0.1, 0.15) is 15.9 Å². The van der Waals surface area contributed by atoms with Gasteiger partial charge in [0.15, 0.2) is 12.4 Å². The summed E-state index contributed by atoms with van der Waals surface area (Å²) in [5.74, 6) is -0.725. The predicted octanol–water partition coefficient (Wildman–Crippen LogP) is 2.94. The van der Waals surface area contributed by atoms with Crippen molar-refractivity contribution < 1.29 is 19.2 Å². The number of benzene rings is 2. The summed E-state index contributed by atoms with van der Waals surface area (Å²) in [6, 6.07) is 15.8. The van der Waals surface area contributed by atoms with Crippen LogP contribution in [-0.2, 0) is 11.3 Å². The molecule has 0 aliphatic heterocycles. The summed E-state index contributed by atoms with van der Waals surface area (Å²) in [6.45, 7) is -0.0354. The fourth-order valence-electron chi connectivity index (χ4n) is 2.56. The lowest BCUT2D eigenvalue weighted by molar-refractivity contribution is -0.385. The quantitative estimate of drug-likeness (QED) is 0.438. The summed E-state index contributed by atoms with van der Waals surface area (Å²) < 4.78 is 5.25. The minimum absolute atomic E-state index is 0.0123. The lowest BCUT2D eigenvalue weighted by Crippen LogP contribution is -2.23. The zero-order chi connectivity index (χ0) is 21.3. The predicted molar refractivity (Wildman–Crippen MR) is 109 cm³/mol. The molecule has 0 atom stereocenters. The molecule has 3 aromatic rings. The van der Waals surface area contributed by atoms with Gasteiger partial charge in [-0.3, -0.25) is 24.7 Å². The number of aromatic nitrogens is 1. The van der Waals surface area contributed by atoms with Crippen LogP contribution >= 0.6 is 0 Å². The minimum Gasteiger partial charge on any atom is -0.477 e. The molecule has 0 bridgehead atoms. The van der Waals surface area contributed by atoms with Gasteiger partial charge in [-0.2, -0.15) is 0 Å². The number of carbonyl (C=O) groups is 2. The number of nitro benzene ring substituents is 1. The Bertz CT molecular complexity index is 1040. The molecule has 2 aromatic carbocycles. The van der Waals surface area contributed by atoms with Gasteiger partial charge in [0, 0.05) is 36.3 Å². The molecule has 0 saturated heterocycles. The van der Waals surface area contributed by atoms with Gasteiger partial charge < -0.3 is 15.4 Å².